The number of hydrogen-bond donors (Lipinski definition) is 2. The molecule has 62 heavy (non-hydrogen) atoms. The molecule has 2 aliphatic rings. The van der Waals surface area contributed by atoms with Crippen LogP contribution in [0.2, 0.25) is 0 Å². The molecule has 318 valence electrons. The number of hydrogen-bond acceptors (Lipinski definition) is 14. The van der Waals surface area contributed by atoms with Gasteiger partial charge in [-0.3, -0.25) is 0 Å². The first kappa shape index (κ1) is 41.7. The largest absolute Gasteiger partial charge is 0.444 e. The highest BCUT2D eigenvalue weighted by Crippen LogP contribution is 2.40. The van der Waals surface area contributed by atoms with Gasteiger partial charge in [0.05, 0.1) is 49.4 Å². The summed E-state index contributed by atoms with van der Waals surface area (Å²) in [7, 11) is 0. The minimum absolute atomic E-state index is 0.228. The van der Waals surface area contributed by atoms with Crippen molar-refractivity contribution in [3.8, 4) is 0 Å². The molecule has 2 N–H and O–H groups in total. The number of pyridine rings is 2. The van der Waals surface area contributed by atoms with Gasteiger partial charge in [-0.25, -0.2) is 29.5 Å². The molecule has 8 aromatic rings. The monoisotopic (exact) mass is 902 g/mol. The van der Waals surface area contributed by atoms with Gasteiger partial charge in [0.25, 0.3) is 0 Å². The molecule has 10 rings (SSSR count). The molecule has 2 aromatic carbocycles. The number of thiazole rings is 2. The third kappa shape index (κ3) is 9.38. The van der Waals surface area contributed by atoms with Gasteiger partial charge in [0.1, 0.15) is 20.9 Å². The molecular formula is C46H46N8O4S4. The van der Waals surface area contributed by atoms with Gasteiger partial charge in [0, 0.05) is 69.8 Å². The first-order valence-electron chi connectivity index (χ1n) is 20.3. The Labute approximate surface area is 375 Å². The second-order valence-corrected chi connectivity index (χ2v) is 21.1. The third-order valence-electron chi connectivity index (χ3n) is 10.2. The average molecular weight is 903 g/mol. The van der Waals surface area contributed by atoms with Crippen LogP contribution in [-0.4, -0.2) is 79.3 Å². The normalized spacial score (nSPS) is 15.6. The van der Waals surface area contributed by atoms with Crippen molar-refractivity contribution < 1.29 is 19.1 Å². The van der Waals surface area contributed by atoms with Crippen LogP contribution in [0.1, 0.15) is 63.6 Å². The van der Waals surface area contributed by atoms with Crippen LogP contribution >= 0.6 is 45.3 Å². The van der Waals surface area contributed by atoms with Crippen LogP contribution in [0.3, 0.4) is 0 Å². The lowest BCUT2D eigenvalue weighted by atomic mass is 10.1. The number of nitrogens with zero attached hydrogens (tertiary/aromatic N) is 6. The van der Waals surface area contributed by atoms with E-state index in [1.54, 1.807) is 50.2 Å². The number of thiophene rings is 2. The smallest absolute Gasteiger partial charge is 0.410 e. The fourth-order valence-electron chi connectivity index (χ4n) is 7.34. The zero-order valence-corrected chi connectivity index (χ0v) is 38.5. The molecule has 0 saturated carbocycles. The van der Waals surface area contributed by atoms with Crippen LogP contribution < -0.4 is 10.6 Å². The van der Waals surface area contributed by atoms with Crippen molar-refractivity contribution in [2.24, 2.45) is 0 Å². The number of amides is 2. The highest BCUT2D eigenvalue weighted by atomic mass is 32.1. The first-order chi connectivity index (χ1) is 29.7. The second kappa shape index (κ2) is 16.9. The topological polar surface area (TPSA) is 135 Å². The van der Waals surface area contributed by atoms with Gasteiger partial charge in [-0.2, -0.15) is 0 Å². The minimum atomic E-state index is -0.497. The highest BCUT2D eigenvalue weighted by molar-refractivity contribution is 7.20. The molecule has 0 radical (unpaired) electrons. The molecule has 8 heterocycles. The highest BCUT2D eigenvalue weighted by Gasteiger charge is 2.32. The molecule has 0 bridgehead atoms. The van der Waals surface area contributed by atoms with E-state index in [1.807, 2.05) is 82.0 Å². The fourth-order valence-corrected chi connectivity index (χ4v) is 10.9. The van der Waals surface area contributed by atoms with E-state index in [0.29, 0.717) is 25.6 Å². The lowest BCUT2D eigenvalue weighted by molar-refractivity contribution is 0.0287. The van der Waals surface area contributed by atoms with Crippen molar-refractivity contribution in [3.05, 3.63) is 99.9 Å². The van der Waals surface area contributed by atoms with Gasteiger partial charge in [-0.1, -0.05) is 6.08 Å². The summed E-state index contributed by atoms with van der Waals surface area (Å²) >= 11 is 6.63. The Morgan fingerprint density at radius 2 is 1.26 bits per heavy atom. The average Bonchev–Trinajstić information content (AvgIpc) is 4.07. The standard InChI is InChI=1S/C23H24N4O2S2.C23H22N4O2S2/c2*1-23(2,3)29-22(28)27-9-7-14(12-27)20-11-16-17(6-8-24-21(16)31-20)26-15-4-5-19-18(10-15)25-13-30-19/h4-6,8,10-11,13-14H,7,9,12H2,1-3H3,(H,24,26);4-8,10-11,13H,9,12H2,1-3H3,(H,24,26). The van der Waals surface area contributed by atoms with Gasteiger partial charge < -0.3 is 29.9 Å². The van der Waals surface area contributed by atoms with E-state index in [9.17, 15) is 9.59 Å². The maximum atomic E-state index is 12.4. The van der Waals surface area contributed by atoms with Gasteiger partial charge >= 0.3 is 12.2 Å². The van der Waals surface area contributed by atoms with E-state index in [1.165, 1.54) is 14.3 Å². The Morgan fingerprint density at radius 1 is 0.694 bits per heavy atom. The number of benzene rings is 2. The molecular weight excluding hydrogens is 857 g/mol. The molecule has 1 fully saturated rings. The van der Waals surface area contributed by atoms with Crippen LogP contribution in [0, 0.1) is 0 Å². The summed E-state index contributed by atoms with van der Waals surface area (Å²) in [6.07, 6.45) is 6.19. The van der Waals surface area contributed by atoms with Crippen molar-refractivity contribution in [2.75, 3.05) is 36.8 Å². The Balaban J connectivity index is 0.000000158. The Bertz CT molecular complexity index is 2950. The molecule has 2 aliphatic heterocycles. The summed E-state index contributed by atoms with van der Waals surface area (Å²) in [6.45, 7) is 13.9. The predicted molar refractivity (Wildman–Crippen MR) is 256 cm³/mol. The molecule has 12 nitrogen and oxygen atoms in total. The van der Waals surface area contributed by atoms with Crippen molar-refractivity contribution in [1.82, 2.24) is 29.7 Å². The molecule has 6 aromatic heterocycles. The fraction of sp³-hybridized carbons (Fsp3) is 0.304. The Kier molecular flexibility index (Phi) is 11.3. The van der Waals surface area contributed by atoms with E-state index >= 15 is 0 Å². The number of anilines is 4. The molecule has 2 amide bonds. The molecule has 0 spiro atoms. The number of fused-ring (bicyclic) bond motifs is 4. The van der Waals surface area contributed by atoms with Crippen LogP contribution in [0.4, 0.5) is 32.3 Å². The molecule has 1 saturated heterocycles. The number of carbonyl (C=O) groups is 2. The van der Waals surface area contributed by atoms with E-state index < -0.39 is 11.2 Å². The van der Waals surface area contributed by atoms with E-state index in [0.717, 1.165) is 77.6 Å². The molecule has 0 aliphatic carbocycles. The summed E-state index contributed by atoms with van der Waals surface area (Å²) in [4.78, 5) is 50.6. The molecule has 16 heteroatoms. The Morgan fingerprint density at radius 3 is 1.85 bits per heavy atom. The van der Waals surface area contributed by atoms with Gasteiger partial charge in [0.2, 0.25) is 0 Å². The van der Waals surface area contributed by atoms with Gasteiger partial charge in [0.15, 0.2) is 0 Å². The first-order valence-corrected chi connectivity index (χ1v) is 23.7. The summed E-state index contributed by atoms with van der Waals surface area (Å²) in [5, 5.41) is 9.22. The summed E-state index contributed by atoms with van der Waals surface area (Å²) in [5.41, 5.74) is 9.92. The predicted octanol–water partition coefficient (Wildman–Crippen LogP) is 12.7. The lowest BCUT2D eigenvalue weighted by Gasteiger charge is -2.24. The van der Waals surface area contributed by atoms with Crippen LogP contribution in [0.15, 0.2) is 90.2 Å². The lowest BCUT2D eigenvalue weighted by Crippen LogP contribution is -2.35. The van der Waals surface area contributed by atoms with E-state index in [2.05, 4.69) is 85.2 Å². The van der Waals surface area contributed by atoms with Crippen molar-refractivity contribution in [2.45, 2.75) is 65.1 Å². The maximum absolute atomic E-state index is 12.4. The third-order valence-corrected chi connectivity index (χ3v) is 14.2. The zero-order chi connectivity index (χ0) is 43.2. The summed E-state index contributed by atoms with van der Waals surface area (Å²) in [5.74, 6) is 0.311. The van der Waals surface area contributed by atoms with E-state index in [4.69, 9.17) is 9.47 Å². The number of aromatic nitrogens is 4. The van der Waals surface area contributed by atoms with Crippen molar-refractivity contribution >= 4 is 127 Å². The summed E-state index contributed by atoms with van der Waals surface area (Å²) in [6, 6.07) is 20.8. The van der Waals surface area contributed by atoms with Crippen LogP contribution in [0.5, 0.6) is 0 Å². The van der Waals surface area contributed by atoms with Gasteiger partial charge in [-0.05, 0) is 114 Å². The second-order valence-electron chi connectivity index (χ2n) is 17.2. The van der Waals surface area contributed by atoms with Crippen LogP contribution in [-0.2, 0) is 9.47 Å². The SMILES string of the molecule is CC(C)(C)OC(=O)N1CC=C(c2cc3c(Nc4ccc5scnc5c4)ccnc3s2)C1.CC(C)(C)OC(=O)N1CCC(c2cc3c(Nc4ccc5scnc5c4)ccnc3s2)C1. The number of likely N-dealkylation sites (tertiary alicyclic amines) is 1. The molecule has 1 atom stereocenters. The number of nitrogens with one attached hydrogen (secondary N) is 2. The quantitative estimate of drug-likeness (QED) is 0.166. The zero-order valence-electron chi connectivity index (χ0n) is 35.2. The van der Waals surface area contributed by atoms with Crippen molar-refractivity contribution in [1.29, 1.82) is 0 Å². The number of ether oxygens (including phenoxy) is 2. The van der Waals surface area contributed by atoms with Gasteiger partial charge in [-0.15, -0.1) is 45.3 Å². The number of rotatable bonds is 6. The minimum Gasteiger partial charge on any atom is -0.444 e. The van der Waals surface area contributed by atoms with Crippen molar-refractivity contribution in [3.63, 3.8) is 0 Å². The molecule has 1 unspecified atom stereocenters. The maximum Gasteiger partial charge on any atom is 0.410 e. The number of carbonyl (C=O) groups excluding carboxylic acids is 2. The van der Waals surface area contributed by atoms with Crippen LogP contribution in [0.25, 0.3) is 46.4 Å². The van der Waals surface area contributed by atoms with E-state index in [-0.39, 0.29) is 12.2 Å². The Hall–Kier alpha value is -5.68. The summed E-state index contributed by atoms with van der Waals surface area (Å²) < 4.78 is 13.4.